The van der Waals surface area contributed by atoms with Crippen molar-refractivity contribution in [3.05, 3.63) is 71.0 Å². The van der Waals surface area contributed by atoms with Gasteiger partial charge in [-0.15, -0.1) is 0 Å². The van der Waals surface area contributed by atoms with Gasteiger partial charge >= 0.3 is 0 Å². The van der Waals surface area contributed by atoms with Gasteiger partial charge in [0.2, 0.25) is 5.91 Å². The number of hydrogen-bond donors (Lipinski definition) is 2. The molecule has 0 radical (unpaired) electrons. The van der Waals surface area contributed by atoms with Crippen LogP contribution in [0.5, 0.6) is 0 Å². The number of hydrogen-bond acceptors (Lipinski definition) is 2. The lowest BCUT2D eigenvalue weighted by Gasteiger charge is -2.25. The highest BCUT2D eigenvalue weighted by Gasteiger charge is 2.29. The summed E-state index contributed by atoms with van der Waals surface area (Å²) in [6, 6.07) is 12.4. The quantitative estimate of drug-likeness (QED) is 0.873. The first-order chi connectivity index (χ1) is 12.1. The van der Waals surface area contributed by atoms with Gasteiger partial charge in [-0.1, -0.05) is 31.0 Å². The van der Waals surface area contributed by atoms with E-state index in [1.165, 1.54) is 18.2 Å². The molecule has 3 N–H and O–H groups in total. The molecule has 1 aliphatic rings. The normalized spacial score (nSPS) is 15.7. The van der Waals surface area contributed by atoms with Gasteiger partial charge < -0.3 is 11.1 Å². The lowest BCUT2D eigenvalue weighted by atomic mass is 9.91. The number of nitrogens with one attached hydrogen (secondary N) is 1. The molecule has 2 amide bonds. The molecule has 1 saturated carbocycles. The molecule has 0 bridgehead atoms. The Kier molecular flexibility index (Phi) is 5.12. The molecule has 0 spiro atoms. The summed E-state index contributed by atoms with van der Waals surface area (Å²) in [6.07, 6.45) is 4.14. The summed E-state index contributed by atoms with van der Waals surface area (Å²) in [7, 11) is 0. The van der Waals surface area contributed by atoms with Crippen LogP contribution in [0.2, 0.25) is 0 Å². The summed E-state index contributed by atoms with van der Waals surface area (Å²) >= 11 is 0. The van der Waals surface area contributed by atoms with Gasteiger partial charge in [-0.05, 0) is 49.1 Å². The molecule has 1 unspecified atom stereocenters. The van der Waals surface area contributed by atoms with Gasteiger partial charge in [0.05, 0.1) is 6.04 Å². The Morgan fingerprint density at radius 2 is 1.60 bits per heavy atom. The van der Waals surface area contributed by atoms with Crippen LogP contribution in [-0.4, -0.2) is 11.8 Å². The summed E-state index contributed by atoms with van der Waals surface area (Å²) in [4.78, 5) is 23.8. The van der Waals surface area contributed by atoms with E-state index in [0.717, 1.165) is 25.7 Å². The average Bonchev–Trinajstić information content (AvgIpc) is 3.14. The van der Waals surface area contributed by atoms with Gasteiger partial charge in [-0.25, -0.2) is 4.39 Å². The van der Waals surface area contributed by atoms with Gasteiger partial charge in [-0.2, -0.15) is 0 Å². The third-order valence-corrected chi connectivity index (χ3v) is 4.83. The van der Waals surface area contributed by atoms with Gasteiger partial charge in [-0.3, -0.25) is 9.59 Å². The lowest BCUT2D eigenvalue weighted by molar-refractivity contribution is 0.0919. The van der Waals surface area contributed by atoms with E-state index >= 15 is 0 Å². The second kappa shape index (κ2) is 7.47. The molecule has 3 rings (SSSR count). The summed E-state index contributed by atoms with van der Waals surface area (Å²) < 4.78 is 14.3. The Morgan fingerprint density at radius 1 is 1.00 bits per heavy atom. The predicted molar refractivity (Wildman–Crippen MR) is 93.5 cm³/mol. The fourth-order valence-electron chi connectivity index (χ4n) is 3.48. The van der Waals surface area contributed by atoms with Crippen molar-refractivity contribution >= 4 is 11.8 Å². The molecule has 25 heavy (non-hydrogen) atoms. The van der Waals surface area contributed by atoms with Crippen LogP contribution in [0.15, 0.2) is 48.5 Å². The van der Waals surface area contributed by atoms with Crippen LogP contribution in [0.3, 0.4) is 0 Å². The largest absolute Gasteiger partial charge is 0.366 e. The number of primary amides is 1. The Bertz CT molecular complexity index is 768. The zero-order valence-corrected chi connectivity index (χ0v) is 13.9. The third kappa shape index (κ3) is 3.87. The van der Waals surface area contributed by atoms with Crippen LogP contribution >= 0.6 is 0 Å². The molecule has 4 nitrogen and oxygen atoms in total. The molecule has 2 aromatic rings. The minimum atomic E-state index is -0.540. The number of carbonyl (C=O) groups is 2. The van der Waals surface area contributed by atoms with Crippen LogP contribution in [0.4, 0.5) is 4.39 Å². The van der Waals surface area contributed by atoms with E-state index in [4.69, 9.17) is 5.73 Å². The maximum absolute atomic E-state index is 14.3. The Balaban J connectivity index is 1.83. The predicted octanol–water partition coefficient (Wildman–Crippen LogP) is 3.59. The number of halogens is 1. The molecule has 1 aliphatic carbocycles. The third-order valence-electron chi connectivity index (χ3n) is 4.83. The van der Waals surface area contributed by atoms with Crippen LogP contribution in [-0.2, 0) is 0 Å². The number of nitrogens with two attached hydrogens (primary N) is 1. The first kappa shape index (κ1) is 17.1. The number of rotatable bonds is 5. The van der Waals surface area contributed by atoms with Gasteiger partial charge in [0.15, 0.2) is 0 Å². The summed E-state index contributed by atoms with van der Waals surface area (Å²) in [5.74, 6) is -0.896. The van der Waals surface area contributed by atoms with Crippen molar-refractivity contribution in [1.29, 1.82) is 0 Å². The molecular weight excluding hydrogens is 319 g/mol. The van der Waals surface area contributed by atoms with Crippen molar-refractivity contribution < 1.29 is 14.0 Å². The van der Waals surface area contributed by atoms with Crippen LogP contribution < -0.4 is 11.1 Å². The molecule has 2 aromatic carbocycles. The molecule has 5 heteroatoms. The Morgan fingerprint density at radius 3 is 2.20 bits per heavy atom. The first-order valence-corrected chi connectivity index (χ1v) is 8.51. The van der Waals surface area contributed by atoms with Crippen molar-refractivity contribution in [2.24, 2.45) is 11.7 Å². The molecule has 0 saturated heterocycles. The van der Waals surface area contributed by atoms with Gasteiger partial charge in [0.25, 0.3) is 5.91 Å². The average molecular weight is 340 g/mol. The lowest BCUT2D eigenvalue weighted by Crippen LogP contribution is -2.33. The molecule has 0 heterocycles. The van der Waals surface area contributed by atoms with E-state index in [2.05, 4.69) is 5.32 Å². The molecule has 0 aliphatic heterocycles. The van der Waals surface area contributed by atoms with Gasteiger partial charge in [0.1, 0.15) is 5.82 Å². The van der Waals surface area contributed by atoms with E-state index in [-0.39, 0.29) is 23.7 Å². The van der Waals surface area contributed by atoms with Crippen molar-refractivity contribution in [3.63, 3.8) is 0 Å². The van der Waals surface area contributed by atoms with Crippen molar-refractivity contribution in [1.82, 2.24) is 5.32 Å². The molecular formula is C20H21FN2O2. The van der Waals surface area contributed by atoms with E-state index < -0.39 is 5.91 Å². The van der Waals surface area contributed by atoms with E-state index in [1.54, 1.807) is 30.3 Å². The minimum absolute atomic E-state index is 0.228. The zero-order chi connectivity index (χ0) is 17.8. The highest BCUT2D eigenvalue weighted by atomic mass is 19.1. The Labute approximate surface area is 146 Å². The summed E-state index contributed by atoms with van der Waals surface area (Å²) in [6.45, 7) is 0. The monoisotopic (exact) mass is 340 g/mol. The fraction of sp³-hybridized carbons (Fsp3) is 0.300. The fourth-order valence-corrected chi connectivity index (χ4v) is 3.48. The highest BCUT2D eigenvalue weighted by Crippen LogP contribution is 2.36. The molecule has 0 aromatic heterocycles. The van der Waals surface area contributed by atoms with Gasteiger partial charge in [0, 0.05) is 16.7 Å². The maximum Gasteiger partial charge on any atom is 0.251 e. The summed E-state index contributed by atoms with van der Waals surface area (Å²) in [5, 5.41) is 2.99. The van der Waals surface area contributed by atoms with Crippen molar-refractivity contribution in [2.45, 2.75) is 31.7 Å². The van der Waals surface area contributed by atoms with Crippen molar-refractivity contribution in [3.8, 4) is 0 Å². The van der Waals surface area contributed by atoms with Crippen molar-refractivity contribution in [2.75, 3.05) is 0 Å². The topological polar surface area (TPSA) is 72.2 Å². The van der Waals surface area contributed by atoms with E-state index in [1.807, 2.05) is 0 Å². The second-order valence-corrected chi connectivity index (χ2v) is 6.46. The number of carbonyl (C=O) groups excluding carboxylic acids is 2. The SMILES string of the molecule is NC(=O)c1ccc(C(=O)NC(c2ccccc2F)C2CCCC2)cc1. The van der Waals surface area contributed by atoms with E-state index in [9.17, 15) is 14.0 Å². The molecule has 1 fully saturated rings. The molecule has 130 valence electrons. The van der Waals surface area contributed by atoms with Crippen LogP contribution in [0, 0.1) is 11.7 Å². The first-order valence-electron chi connectivity index (χ1n) is 8.51. The maximum atomic E-state index is 14.3. The number of amides is 2. The van der Waals surface area contributed by atoms with Crippen LogP contribution in [0.25, 0.3) is 0 Å². The van der Waals surface area contributed by atoms with E-state index in [0.29, 0.717) is 16.7 Å². The Hall–Kier alpha value is -2.69. The minimum Gasteiger partial charge on any atom is -0.366 e. The standard InChI is InChI=1S/C20H21FN2O2/c21-17-8-4-3-7-16(17)18(13-5-1-2-6-13)23-20(25)15-11-9-14(10-12-15)19(22)24/h3-4,7-13,18H,1-2,5-6H2,(H2,22,24)(H,23,25). The number of benzene rings is 2. The zero-order valence-electron chi connectivity index (χ0n) is 13.9. The van der Waals surface area contributed by atoms with Crippen LogP contribution in [0.1, 0.15) is 58.0 Å². The smallest absolute Gasteiger partial charge is 0.251 e. The highest BCUT2D eigenvalue weighted by molar-refractivity contribution is 5.97. The second-order valence-electron chi connectivity index (χ2n) is 6.46. The molecule has 1 atom stereocenters. The summed E-state index contributed by atoms with van der Waals surface area (Å²) in [5.41, 5.74) is 6.51.